The molecule has 1 fully saturated rings. The van der Waals surface area contributed by atoms with E-state index in [1.165, 1.54) is 16.4 Å². The number of fused-ring (bicyclic) bond motifs is 2. The maximum absolute atomic E-state index is 13.4. The smallest absolute Gasteiger partial charge is 0.444 e. The summed E-state index contributed by atoms with van der Waals surface area (Å²) in [6, 6.07) is 9.29. The van der Waals surface area contributed by atoms with E-state index in [2.05, 4.69) is 0 Å². The predicted octanol–water partition coefficient (Wildman–Crippen LogP) is 4.10. The minimum atomic E-state index is -4.99. The number of sulfonamides is 1. The number of alkyl halides is 3. The van der Waals surface area contributed by atoms with Crippen LogP contribution in [0.3, 0.4) is 0 Å². The molecule has 198 valence electrons. The average Bonchev–Trinajstić information content (AvgIpc) is 2.87. The number of halogens is 4. The summed E-state index contributed by atoms with van der Waals surface area (Å²) in [6.07, 6.45) is -4.53. The number of anilines is 1. The summed E-state index contributed by atoms with van der Waals surface area (Å²) >= 11 is 6.06. The quantitative estimate of drug-likeness (QED) is 0.567. The number of benzene rings is 2. The van der Waals surface area contributed by atoms with Crippen LogP contribution in [-0.2, 0) is 39.1 Å². The molecule has 2 aromatic rings. The SMILES string of the molecule is O=C1OCc2cc(Cl)ccc2N1C1CCN(S(=O)(=O)c2ccc3c(c2)CN(C(=O)C(F)(F)F)CC3)CC1. The lowest BCUT2D eigenvalue weighted by molar-refractivity contribution is -0.186. The number of hydrogen-bond acceptors (Lipinski definition) is 5. The van der Waals surface area contributed by atoms with Crippen molar-refractivity contribution in [1.29, 1.82) is 0 Å². The van der Waals surface area contributed by atoms with Gasteiger partial charge >= 0.3 is 18.2 Å². The maximum Gasteiger partial charge on any atom is 0.471 e. The lowest BCUT2D eigenvalue weighted by atomic mass is 10.00. The van der Waals surface area contributed by atoms with Gasteiger partial charge in [0.1, 0.15) is 6.61 Å². The van der Waals surface area contributed by atoms with Crippen LogP contribution < -0.4 is 4.90 Å². The third kappa shape index (κ3) is 4.89. The van der Waals surface area contributed by atoms with Crippen LogP contribution in [0.4, 0.5) is 23.7 Å². The Hall–Kier alpha value is -2.83. The Balaban J connectivity index is 1.31. The van der Waals surface area contributed by atoms with Gasteiger partial charge in [-0.1, -0.05) is 17.7 Å². The molecule has 2 amide bonds. The fourth-order valence-corrected chi connectivity index (χ4v) is 6.81. The number of hydrogen-bond donors (Lipinski definition) is 0. The summed E-state index contributed by atoms with van der Waals surface area (Å²) in [5.74, 6) is -1.94. The molecule has 0 bridgehead atoms. The first kappa shape index (κ1) is 25.8. The normalized spacial score (nSPS) is 19.3. The molecule has 0 N–H and O–H groups in total. The zero-order valence-corrected chi connectivity index (χ0v) is 21.1. The van der Waals surface area contributed by atoms with E-state index in [9.17, 15) is 31.2 Å². The number of carbonyl (C=O) groups excluding carboxylic acids is 2. The third-order valence-corrected chi connectivity index (χ3v) is 9.12. The molecule has 3 aliphatic heterocycles. The summed E-state index contributed by atoms with van der Waals surface area (Å²) in [7, 11) is -3.94. The second-order valence-corrected chi connectivity index (χ2v) is 11.6. The average molecular weight is 558 g/mol. The molecule has 13 heteroatoms. The van der Waals surface area contributed by atoms with Gasteiger partial charge in [-0.25, -0.2) is 13.2 Å². The fourth-order valence-electron chi connectivity index (χ4n) is 5.09. The molecule has 37 heavy (non-hydrogen) atoms. The Labute approximate surface area is 216 Å². The third-order valence-electron chi connectivity index (χ3n) is 7.00. The lowest BCUT2D eigenvalue weighted by Crippen LogP contribution is -2.50. The van der Waals surface area contributed by atoms with Gasteiger partial charge in [0.2, 0.25) is 10.0 Å². The topological polar surface area (TPSA) is 87.2 Å². The van der Waals surface area contributed by atoms with Crippen LogP contribution in [0.2, 0.25) is 5.02 Å². The van der Waals surface area contributed by atoms with E-state index in [0.717, 1.165) is 5.56 Å². The second kappa shape index (κ2) is 9.48. The molecule has 0 atom stereocenters. The van der Waals surface area contributed by atoms with Crippen LogP contribution in [0.15, 0.2) is 41.3 Å². The largest absolute Gasteiger partial charge is 0.471 e. The zero-order valence-electron chi connectivity index (χ0n) is 19.5. The summed E-state index contributed by atoms with van der Waals surface area (Å²) < 4.78 is 72.0. The number of carbonyl (C=O) groups is 2. The Bertz CT molecular complexity index is 1360. The molecule has 3 heterocycles. The van der Waals surface area contributed by atoms with Crippen molar-refractivity contribution in [3.05, 3.63) is 58.1 Å². The molecular weight excluding hydrogens is 535 g/mol. The number of rotatable bonds is 3. The van der Waals surface area contributed by atoms with Crippen LogP contribution in [0, 0.1) is 0 Å². The van der Waals surface area contributed by atoms with Crippen LogP contribution in [-0.4, -0.2) is 61.5 Å². The molecule has 1 saturated heterocycles. The maximum atomic E-state index is 13.4. The van der Waals surface area contributed by atoms with Crippen molar-refractivity contribution in [2.24, 2.45) is 0 Å². The van der Waals surface area contributed by atoms with Crippen LogP contribution in [0.5, 0.6) is 0 Å². The summed E-state index contributed by atoms with van der Waals surface area (Å²) in [5.41, 5.74) is 2.56. The van der Waals surface area contributed by atoms with E-state index < -0.39 is 28.2 Å². The number of ether oxygens (including phenoxy) is 1. The standard InChI is InChI=1S/C24H23ClF3N3O5S/c25-18-2-4-21-17(11-18)14-36-23(33)31(21)19-6-9-30(10-7-19)37(34,35)20-3-1-15-5-8-29(13-16(15)12-20)22(32)24(26,27)28/h1-4,11-12,19H,5-10,13-14H2. The first-order chi connectivity index (χ1) is 17.4. The predicted molar refractivity (Wildman–Crippen MR) is 128 cm³/mol. The molecule has 0 spiro atoms. The van der Waals surface area contributed by atoms with E-state index in [4.69, 9.17) is 16.3 Å². The molecule has 0 saturated carbocycles. The number of piperidine rings is 1. The summed E-state index contributed by atoms with van der Waals surface area (Å²) in [5, 5.41) is 0.522. The molecule has 0 aliphatic carbocycles. The molecule has 0 unspecified atom stereocenters. The van der Waals surface area contributed by atoms with Crippen molar-refractivity contribution >= 4 is 39.3 Å². The van der Waals surface area contributed by atoms with Crippen molar-refractivity contribution < 1.29 is 35.9 Å². The molecule has 0 radical (unpaired) electrons. The monoisotopic (exact) mass is 557 g/mol. The highest BCUT2D eigenvalue weighted by molar-refractivity contribution is 7.89. The Morgan fingerprint density at radius 3 is 2.43 bits per heavy atom. The minimum absolute atomic E-state index is 0.0385. The van der Waals surface area contributed by atoms with Crippen molar-refractivity contribution in [1.82, 2.24) is 9.21 Å². The zero-order chi connectivity index (χ0) is 26.5. The summed E-state index contributed by atoms with van der Waals surface area (Å²) in [6.45, 7) is 0.0204. The van der Waals surface area contributed by atoms with E-state index >= 15 is 0 Å². The van der Waals surface area contributed by atoms with Crippen LogP contribution in [0.1, 0.15) is 29.5 Å². The minimum Gasteiger partial charge on any atom is -0.444 e. The van der Waals surface area contributed by atoms with Crippen molar-refractivity contribution in [3.8, 4) is 0 Å². The Kier molecular flexibility index (Phi) is 6.61. The molecule has 8 nitrogen and oxygen atoms in total. The highest BCUT2D eigenvalue weighted by Crippen LogP contribution is 2.35. The van der Waals surface area contributed by atoms with Gasteiger partial charge in [-0.15, -0.1) is 0 Å². The van der Waals surface area contributed by atoms with Crippen LogP contribution in [0.25, 0.3) is 0 Å². The molecular formula is C24H23ClF3N3O5S. The van der Waals surface area contributed by atoms with Crippen LogP contribution >= 0.6 is 11.6 Å². The van der Waals surface area contributed by atoms with Crippen molar-refractivity contribution in [3.63, 3.8) is 0 Å². The van der Waals surface area contributed by atoms with E-state index in [-0.39, 0.29) is 50.1 Å². The van der Waals surface area contributed by atoms with Gasteiger partial charge in [0, 0.05) is 42.8 Å². The molecule has 0 aromatic heterocycles. The highest BCUT2D eigenvalue weighted by atomic mass is 35.5. The lowest BCUT2D eigenvalue weighted by Gasteiger charge is -2.39. The molecule has 3 aliphatic rings. The Morgan fingerprint density at radius 2 is 1.73 bits per heavy atom. The van der Waals surface area contributed by atoms with E-state index in [1.807, 2.05) is 0 Å². The first-order valence-electron chi connectivity index (χ1n) is 11.7. The summed E-state index contributed by atoms with van der Waals surface area (Å²) in [4.78, 5) is 26.4. The second-order valence-electron chi connectivity index (χ2n) is 9.24. The van der Waals surface area contributed by atoms with E-state index in [1.54, 1.807) is 29.2 Å². The Morgan fingerprint density at radius 1 is 1.00 bits per heavy atom. The number of nitrogens with zero attached hydrogens (tertiary/aromatic N) is 3. The number of cyclic esters (lactones) is 1. The van der Waals surface area contributed by atoms with Gasteiger partial charge in [-0.05, 0) is 60.7 Å². The van der Waals surface area contributed by atoms with E-state index in [0.29, 0.717) is 39.6 Å². The fraction of sp³-hybridized carbons (Fsp3) is 0.417. The van der Waals surface area contributed by atoms with Gasteiger partial charge in [0.05, 0.1) is 10.6 Å². The number of amides is 2. The van der Waals surface area contributed by atoms with Gasteiger partial charge in [0.15, 0.2) is 0 Å². The van der Waals surface area contributed by atoms with Gasteiger partial charge in [0.25, 0.3) is 0 Å². The van der Waals surface area contributed by atoms with Crippen molar-refractivity contribution in [2.45, 2.75) is 49.5 Å². The van der Waals surface area contributed by atoms with Gasteiger partial charge in [-0.3, -0.25) is 9.69 Å². The first-order valence-corrected chi connectivity index (χ1v) is 13.5. The van der Waals surface area contributed by atoms with Crippen molar-refractivity contribution in [2.75, 3.05) is 24.5 Å². The van der Waals surface area contributed by atoms with Gasteiger partial charge < -0.3 is 9.64 Å². The molecule has 5 rings (SSSR count). The molecule has 2 aromatic carbocycles. The highest BCUT2D eigenvalue weighted by Gasteiger charge is 2.43. The van der Waals surface area contributed by atoms with Gasteiger partial charge in [-0.2, -0.15) is 17.5 Å².